The molecule has 3 rings (SSSR count). The highest BCUT2D eigenvalue weighted by molar-refractivity contribution is 5.97. The molecule has 2 N–H and O–H groups in total. The summed E-state index contributed by atoms with van der Waals surface area (Å²) >= 11 is 0. The van der Waals surface area contributed by atoms with Crippen molar-refractivity contribution in [2.24, 2.45) is 0 Å². The Bertz CT molecular complexity index is 906. The van der Waals surface area contributed by atoms with Crippen molar-refractivity contribution < 1.29 is 35.6 Å². The molecule has 6 nitrogen and oxygen atoms in total. The maximum atomic E-state index is 13.4. The van der Waals surface area contributed by atoms with Gasteiger partial charge in [0.2, 0.25) is 5.89 Å². The number of rotatable bonds is 0. The van der Waals surface area contributed by atoms with Crippen LogP contribution in [0.3, 0.4) is 0 Å². The fraction of sp³-hybridized carbons (Fsp3) is 0.529. The predicted octanol–water partition coefficient (Wildman–Crippen LogP) is 4.92. The van der Waals surface area contributed by atoms with Crippen molar-refractivity contribution in [3.63, 3.8) is 0 Å². The third kappa shape index (κ3) is 4.51. The van der Waals surface area contributed by atoms with Crippen molar-refractivity contribution in [1.29, 1.82) is 0 Å². The smallest absolute Gasteiger partial charge is 0.418 e. The van der Waals surface area contributed by atoms with E-state index in [0.717, 1.165) is 0 Å². The summed E-state index contributed by atoms with van der Waals surface area (Å²) in [6.45, 7) is 0. The standard InChI is InChI=1S/C17H16F6N4O2/c18-16(19,20)8-5-3-1-2-4-6-11(28)12-9(17(21,22)23)7-10(24)13(25-12)15-27-26-14(8)29-15/h7-8H,1-6,24H2. The molecule has 1 aliphatic rings. The minimum absolute atomic E-state index is 0.176. The molecule has 0 amide bonds. The molecule has 0 aromatic carbocycles. The van der Waals surface area contributed by atoms with Crippen LogP contribution in [0, 0.1) is 0 Å². The van der Waals surface area contributed by atoms with Gasteiger partial charge in [0.1, 0.15) is 11.6 Å². The van der Waals surface area contributed by atoms with E-state index >= 15 is 0 Å². The second-order valence-corrected chi connectivity index (χ2v) is 6.74. The highest BCUT2D eigenvalue weighted by Gasteiger charge is 2.44. The maximum absolute atomic E-state index is 13.4. The molecule has 1 unspecified atom stereocenters. The molecule has 0 aliphatic carbocycles. The van der Waals surface area contributed by atoms with E-state index < -0.39 is 58.5 Å². The Labute approximate surface area is 160 Å². The lowest BCUT2D eigenvalue weighted by Crippen LogP contribution is -2.21. The second-order valence-electron chi connectivity index (χ2n) is 6.74. The fourth-order valence-corrected chi connectivity index (χ4v) is 3.13. The molecule has 0 saturated carbocycles. The summed E-state index contributed by atoms with van der Waals surface area (Å²) in [6.07, 6.45) is -8.89. The summed E-state index contributed by atoms with van der Waals surface area (Å²) in [5.74, 6) is -4.16. The van der Waals surface area contributed by atoms with E-state index in [1.165, 1.54) is 0 Å². The number of anilines is 1. The summed E-state index contributed by atoms with van der Waals surface area (Å²) in [5, 5.41) is 6.87. The van der Waals surface area contributed by atoms with Crippen molar-refractivity contribution in [2.75, 3.05) is 5.73 Å². The molecule has 29 heavy (non-hydrogen) atoms. The summed E-state index contributed by atoms with van der Waals surface area (Å²) in [5.41, 5.74) is 2.42. The molecule has 158 valence electrons. The van der Waals surface area contributed by atoms with Gasteiger partial charge in [-0.25, -0.2) is 4.98 Å². The normalized spacial score (nSPS) is 19.1. The molecule has 12 heteroatoms. The number of aromatic nitrogens is 3. The first-order valence-electron chi connectivity index (χ1n) is 8.80. The van der Waals surface area contributed by atoms with Crippen LogP contribution in [-0.2, 0) is 6.18 Å². The third-order valence-electron chi connectivity index (χ3n) is 4.60. The van der Waals surface area contributed by atoms with Crippen LogP contribution < -0.4 is 5.73 Å². The van der Waals surface area contributed by atoms with Crippen molar-refractivity contribution in [2.45, 2.75) is 56.8 Å². The Hall–Kier alpha value is -2.66. The monoisotopic (exact) mass is 422 g/mol. The van der Waals surface area contributed by atoms with Gasteiger partial charge in [-0.2, -0.15) is 26.3 Å². The number of alkyl halides is 6. The largest absolute Gasteiger partial charge is 0.419 e. The molecule has 1 atom stereocenters. The molecule has 3 heterocycles. The van der Waals surface area contributed by atoms with Crippen LogP contribution >= 0.6 is 0 Å². The van der Waals surface area contributed by atoms with Crippen molar-refractivity contribution >= 4 is 11.5 Å². The van der Waals surface area contributed by atoms with Gasteiger partial charge < -0.3 is 10.2 Å². The number of ketones is 1. The molecule has 0 saturated heterocycles. The number of hydrogen-bond donors (Lipinski definition) is 1. The second kappa shape index (κ2) is 7.64. The zero-order valence-electron chi connectivity index (χ0n) is 14.9. The van der Waals surface area contributed by atoms with E-state index in [0.29, 0.717) is 18.9 Å². The Balaban J connectivity index is 2.15. The fourth-order valence-electron chi connectivity index (χ4n) is 3.13. The number of carbonyl (C=O) groups is 1. The van der Waals surface area contributed by atoms with E-state index in [-0.39, 0.29) is 25.7 Å². The van der Waals surface area contributed by atoms with Crippen molar-refractivity contribution in [3.8, 4) is 11.6 Å². The molecule has 0 spiro atoms. The van der Waals surface area contributed by atoms with Crippen LogP contribution in [0.25, 0.3) is 11.6 Å². The molecule has 1 aliphatic heterocycles. The van der Waals surface area contributed by atoms with E-state index in [2.05, 4.69) is 15.2 Å². The van der Waals surface area contributed by atoms with Gasteiger partial charge in [-0.05, 0) is 18.9 Å². The van der Waals surface area contributed by atoms with Gasteiger partial charge in [-0.15, -0.1) is 10.2 Å². The minimum Gasteiger partial charge on any atom is -0.419 e. The lowest BCUT2D eigenvalue weighted by molar-refractivity contribution is -0.156. The SMILES string of the molecule is Nc1cc(C(F)(F)F)c2nc1-c1nnc(o1)C(C(F)(F)F)CCCCCCC2=O. The highest BCUT2D eigenvalue weighted by atomic mass is 19.4. The van der Waals surface area contributed by atoms with Gasteiger partial charge in [0.05, 0.1) is 11.3 Å². The first kappa shape index (κ1) is 21.1. The highest BCUT2D eigenvalue weighted by Crippen LogP contribution is 2.40. The quantitative estimate of drug-likeness (QED) is 0.606. The van der Waals surface area contributed by atoms with Crippen molar-refractivity contribution in [3.05, 3.63) is 23.2 Å². The first-order valence-corrected chi connectivity index (χ1v) is 8.80. The molecule has 2 aromatic rings. The van der Waals surface area contributed by atoms with E-state index in [1.54, 1.807) is 0 Å². The Morgan fingerprint density at radius 1 is 1.00 bits per heavy atom. The zero-order valence-corrected chi connectivity index (χ0v) is 14.9. The van der Waals surface area contributed by atoms with Gasteiger partial charge >= 0.3 is 12.4 Å². The summed E-state index contributed by atoms with van der Waals surface area (Å²) in [7, 11) is 0. The number of nitrogens with two attached hydrogens (primary N) is 1. The van der Waals surface area contributed by atoms with Gasteiger partial charge in [0.25, 0.3) is 5.89 Å². The first-order chi connectivity index (χ1) is 13.5. The zero-order chi connectivity index (χ0) is 21.4. The number of pyridine rings is 1. The van der Waals surface area contributed by atoms with E-state index in [1.807, 2.05) is 0 Å². The summed E-state index contributed by atoms with van der Waals surface area (Å²) in [6, 6.07) is 0.506. The number of hydrogen-bond acceptors (Lipinski definition) is 6. The van der Waals surface area contributed by atoms with Crippen molar-refractivity contribution in [1.82, 2.24) is 15.2 Å². The van der Waals surface area contributed by atoms with E-state index in [4.69, 9.17) is 10.2 Å². The van der Waals surface area contributed by atoms with Crippen LogP contribution in [0.1, 0.15) is 66.4 Å². The van der Waals surface area contributed by atoms with Gasteiger partial charge in [-0.3, -0.25) is 4.79 Å². The molecule has 4 bridgehead atoms. The van der Waals surface area contributed by atoms with Gasteiger partial charge in [-0.1, -0.05) is 19.3 Å². The van der Waals surface area contributed by atoms with Crippen LogP contribution in [0.2, 0.25) is 0 Å². The number of Topliss-reactive ketones (excluding diaryl/α,β-unsaturated/α-hetero) is 1. The number of nitrogen functional groups attached to an aromatic ring is 1. The topological polar surface area (TPSA) is 94.9 Å². The molecular formula is C17H16F6N4O2. The van der Waals surface area contributed by atoms with Gasteiger partial charge in [0.15, 0.2) is 11.5 Å². The number of carbonyl (C=O) groups excluding carboxylic acids is 1. The van der Waals surface area contributed by atoms with Gasteiger partial charge in [0, 0.05) is 6.42 Å². The molecule has 0 fully saturated rings. The molecular weight excluding hydrogens is 406 g/mol. The molecule has 0 radical (unpaired) electrons. The maximum Gasteiger partial charge on any atom is 0.418 e. The Morgan fingerprint density at radius 3 is 2.34 bits per heavy atom. The average Bonchev–Trinajstić information content (AvgIpc) is 3.07. The number of halogens is 6. The van der Waals surface area contributed by atoms with Crippen LogP contribution in [0.15, 0.2) is 10.5 Å². The average molecular weight is 422 g/mol. The number of nitrogens with zero attached hydrogens (tertiary/aromatic N) is 3. The van der Waals surface area contributed by atoms with Crippen LogP contribution in [0.4, 0.5) is 32.0 Å². The Morgan fingerprint density at radius 2 is 1.69 bits per heavy atom. The van der Waals surface area contributed by atoms with E-state index in [9.17, 15) is 31.1 Å². The Kier molecular flexibility index (Phi) is 5.54. The predicted molar refractivity (Wildman–Crippen MR) is 87.8 cm³/mol. The summed E-state index contributed by atoms with van der Waals surface area (Å²) in [4.78, 5) is 16.0. The summed E-state index contributed by atoms with van der Waals surface area (Å²) < 4.78 is 85.2. The molecule has 2 aromatic heterocycles. The van der Waals surface area contributed by atoms with Crippen LogP contribution in [0.5, 0.6) is 0 Å². The number of fused-ring (bicyclic) bond motifs is 5. The lowest BCUT2D eigenvalue weighted by atomic mass is 9.98. The third-order valence-corrected chi connectivity index (χ3v) is 4.60. The van der Waals surface area contributed by atoms with Crippen LogP contribution in [-0.4, -0.2) is 27.1 Å². The lowest BCUT2D eigenvalue weighted by Gasteiger charge is -2.17. The minimum atomic E-state index is -4.89.